The maximum absolute atomic E-state index is 13.7. The number of aryl methyl sites for hydroxylation is 1. The summed E-state index contributed by atoms with van der Waals surface area (Å²) in [6.07, 6.45) is -0.0368. The predicted octanol–water partition coefficient (Wildman–Crippen LogP) is 3.57. The SMILES string of the molecule is Cc1csc(NC(=O)Cc2cc(-c3ccc(F)cc3F)on2)n1. The first-order valence-corrected chi connectivity index (χ1v) is 7.52. The first-order chi connectivity index (χ1) is 11.0. The monoisotopic (exact) mass is 335 g/mol. The molecule has 1 amide bonds. The van der Waals surface area contributed by atoms with Gasteiger partial charge in [-0.3, -0.25) is 4.79 Å². The van der Waals surface area contributed by atoms with Crippen LogP contribution in [-0.4, -0.2) is 16.0 Å². The highest BCUT2D eigenvalue weighted by atomic mass is 32.1. The number of halogens is 2. The summed E-state index contributed by atoms with van der Waals surface area (Å²) in [6, 6.07) is 4.59. The van der Waals surface area contributed by atoms with E-state index in [1.165, 1.54) is 23.5 Å². The summed E-state index contributed by atoms with van der Waals surface area (Å²) in [5, 5.41) is 8.69. The Balaban J connectivity index is 1.70. The van der Waals surface area contributed by atoms with Crippen molar-refractivity contribution in [1.82, 2.24) is 10.1 Å². The molecule has 0 aliphatic carbocycles. The Morgan fingerprint density at radius 1 is 1.35 bits per heavy atom. The molecular formula is C15H11F2N3O2S. The van der Waals surface area contributed by atoms with Crippen LogP contribution in [-0.2, 0) is 11.2 Å². The highest BCUT2D eigenvalue weighted by Crippen LogP contribution is 2.24. The van der Waals surface area contributed by atoms with Crippen LogP contribution in [0.1, 0.15) is 11.4 Å². The van der Waals surface area contributed by atoms with Gasteiger partial charge in [0.15, 0.2) is 10.9 Å². The molecule has 0 saturated heterocycles. The van der Waals surface area contributed by atoms with Crippen molar-refractivity contribution in [2.24, 2.45) is 0 Å². The summed E-state index contributed by atoms with van der Waals surface area (Å²) < 4.78 is 31.6. The number of hydrogen-bond donors (Lipinski definition) is 1. The normalized spacial score (nSPS) is 10.7. The summed E-state index contributed by atoms with van der Waals surface area (Å²) in [4.78, 5) is 16.0. The zero-order valence-electron chi connectivity index (χ0n) is 12.0. The first-order valence-electron chi connectivity index (χ1n) is 6.64. The molecule has 0 atom stereocenters. The first kappa shape index (κ1) is 15.3. The summed E-state index contributed by atoms with van der Waals surface area (Å²) >= 11 is 1.32. The number of nitrogens with zero attached hydrogens (tertiary/aromatic N) is 2. The molecule has 0 saturated carbocycles. The quantitative estimate of drug-likeness (QED) is 0.791. The molecule has 0 spiro atoms. The molecule has 0 bridgehead atoms. The molecule has 5 nitrogen and oxygen atoms in total. The molecule has 118 valence electrons. The lowest BCUT2D eigenvalue weighted by atomic mass is 10.1. The average molecular weight is 335 g/mol. The maximum atomic E-state index is 13.7. The predicted molar refractivity (Wildman–Crippen MR) is 81.0 cm³/mol. The van der Waals surface area contributed by atoms with Gasteiger partial charge < -0.3 is 9.84 Å². The van der Waals surface area contributed by atoms with Crippen molar-refractivity contribution in [1.29, 1.82) is 0 Å². The second-order valence-corrected chi connectivity index (χ2v) is 5.68. The maximum Gasteiger partial charge on any atom is 0.232 e. The van der Waals surface area contributed by atoms with E-state index in [2.05, 4.69) is 15.5 Å². The summed E-state index contributed by atoms with van der Waals surface area (Å²) in [5.41, 5.74) is 1.25. The van der Waals surface area contributed by atoms with Gasteiger partial charge in [0.05, 0.1) is 23.4 Å². The molecule has 8 heteroatoms. The van der Waals surface area contributed by atoms with Gasteiger partial charge in [-0.05, 0) is 19.1 Å². The zero-order valence-corrected chi connectivity index (χ0v) is 12.8. The van der Waals surface area contributed by atoms with E-state index in [1.807, 2.05) is 12.3 Å². The van der Waals surface area contributed by atoms with Crippen molar-refractivity contribution in [3.8, 4) is 11.3 Å². The van der Waals surface area contributed by atoms with E-state index in [9.17, 15) is 13.6 Å². The number of amides is 1. The van der Waals surface area contributed by atoms with Crippen LogP contribution < -0.4 is 5.32 Å². The lowest BCUT2D eigenvalue weighted by Gasteiger charge is -1.98. The molecule has 1 N–H and O–H groups in total. The molecule has 3 aromatic rings. The van der Waals surface area contributed by atoms with E-state index >= 15 is 0 Å². The average Bonchev–Trinajstić information content (AvgIpc) is 3.08. The van der Waals surface area contributed by atoms with Crippen LogP contribution in [0.3, 0.4) is 0 Å². The molecule has 3 rings (SSSR count). The molecule has 0 aliphatic rings. The fourth-order valence-corrected chi connectivity index (χ4v) is 2.66. The van der Waals surface area contributed by atoms with Crippen molar-refractivity contribution in [3.63, 3.8) is 0 Å². The number of carbonyl (C=O) groups is 1. The van der Waals surface area contributed by atoms with Crippen LogP contribution in [0.5, 0.6) is 0 Å². The third kappa shape index (κ3) is 3.59. The van der Waals surface area contributed by atoms with Crippen LogP contribution >= 0.6 is 11.3 Å². The van der Waals surface area contributed by atoms with Crippen molar-refractivity contribution in [2.45, 2.75) is 13.3 Å². The molecule has 0 aliphatic heterocycles. The number of aromatic nitrogens is 2. The molecule has 0 radical (unpaired) electrons. The van der Waals surface area contributed by atoms with Crippen LogP contribution in [0.25, 0.3) is 11.3 Å². The summed E-state index contributed by atoms with van der Waals surface area (Å²) in [6.45, 7) is 1.83. The van der Waals surface area contributed by atoms with Crippen LogP contribution in [0, 0.1) is 18.6 Å². The van der Waals surface area contributed by atoms with E-state index < -0.39 is 11.6 Å². The van der Waals surface area contributed by atoms with Crippen LogP contribution in [0.2, 0.25) is 0 Å². The third-order valence-corrected chi connectivity index (χ3v) is 3.84. The number of carbonyl (C=O) groups excluding carboxylic acids is 1. The number of anilines is 1. The van der Waals surface area contributed by atoms with Gasteiger partial charge in [-0.1, -0.05) is 5.16 Å². The van der Waals surface area contributed by atoms with Gasteiger partial charge in [0.2, 0.25) is 5.91 Å². The molecule has 0 fully saturated rings. The highest BCUT2D eigenvalue weighted by molar-refractivity contribution is 7.13. The minimum Gasteiger partial charge on any atom is -0.356 e. The van der Waals surface area contributed by atoms with E-state index in [1.54, 1.807) is 0 Å². The van der Waals surface area contributed by atoms with Gasteiger partial charge in [0, 0.05) is 17.5 Å². The van der Waals surface area contributed by atoms with Crippen molar-refractivity contribution in [3.05, 3.63) is 52.7 Å². The molecular weight excluding hydrogens is 324 g/mol. The van der Waals surface area contributed by atoms with Crippen molar-refractivity contribution in [2.75, 3.05) is 5.32 Å². The second kappa shape index (κ2) is 6.25. The Labute approximate surface area is 134 Å². The largest absolute Gasteiger partial charge is 0.356 e. The minimum absolute atomic E-state index is 0.0368. The van der Waals surface area contributed by atoms with Gasteiger partial charge in [-0.15, -0.1) is 11.3 Å². The highest BCUT2D eigenvalue weighted by Gasteiger charge is 2.15. The second-order valence-electron chi connectivity index (χ2n) is 4.83. The van der Waals surface area contributed by atoms with Crippen molar-refractivity contribution >= 4 is 22.4 Å². The van der Waals surface area contributed by atoms with Crippen molar-refractivity contribution < 1.29 is 18.1 Å². The Morgan fingerprint density at radius 3 is 2.87 bits per heavy atom. The number of thiazole rings is 1. The standard InChI is InChI=1S/C15H11F2N3O2S/c1-8-7-23-15(18-8)19-14(21)6-10-5-13(22-20-10)11-3-2-9(16)4-12(11)17/h2-5,7H,6H2,1H3,(H,18,19,21). The Hall–Kier alpha value is -2.61. The van der Waals surface area contributed by atoms with Crippen LogP contribution in [0.15, 0.2) is 34.2 Å². The smallest absolute Gasteiger partial charge is 0.232 e. The Morgan fingerprint density at radius 2 is 2.17 bits per heavy atom. The van der Waals surface area contributed by atoms with E-state index in [0.717, 1.165) is 17.8 Å². The lowest BCUT2D eigenvalue weighted by Crippen LogP contribution is -2.14. The zero-order chi connectivity index (χ0) is 16.4. The molecule has 0 unspecified atom stereocenters. The van der Waals surface area contributed by atoms with Gasteiger partial charge in [0.1, 0.15) is 11.6 Å². The fourth-order valence-electron chi connectivity index (χ4n) is 1.95. The number of rotatable bonds is 4. The van der Waals surface area contributed by atoms with E-state index in [4.69, 9.17) is 4.52 Å². The van der Waals surface area contributed by atoms with Crippen LogP contribution in [0.4, 0.5) is 13.9 Å². The fraction of sp³-hybridized carbons (Fsp3) is 0.133. The molecule has 23 heavy (non-hydrogen) atoms. The van der Waals surface area contributed by atoms with E-state index in [0.29, 0.717) is 10.8 Å². The molecule has 1 aromatic carbocycles. The Bertz CT molecular complexity index is 860. The van der Waals surface area contributed by atoms with Gasteiger partial charge in [-0.25, -0.2) is 13.8 Å². The lowest BCUT2D eigenvalue weighted by molar-refractivity contribution is -0.115. The molecule has 2 heterocycles. The number of benzene rings is 1. The third-order valence-electron chi connectivity index (χ3n) is 2.96. The van der Waals surface area contributed by atoms with Gasteiger partial charge in [0.25, 0.3) is 0 Å². The van der Waals surface area contributed by atoms with Gasteiger partial charge >= 0.3 is 0 Å². The summed E-state index contributed by atoms with van der Waals surface area (Å²) in [5.74, 6) is -1.60. The summed E-state index contributed by atoms with van der Waals surface area (Å²) in [7, 11) is 0. The molecule has 2 aromatic heterocycles. The topological polar surface area (TPSA) is 68.0 Å². The minimum atomic E-state index is -0.754. The van der Waals surface area contributed by atoms with Gasteiger partial charge in [-0.2, -0.15) is 0 Å². The Kier molecular flexibility index (Phi) is 4.16. The number of hydrogen-bond acceptors (Lipinski definition) is 5. The van der Waals surface area contributed by atoms with E-state index in [-0.39, 0.29) is 23.7 Å². The number of nitrogens with one attached hydrogen (secondary N) is 1.